The Kier molecular flexibility index (Phi) is 6.22. The highest BCUT2D eigenvalue weighted by molar-refractivity contribution is 5.76. The summed E-state index contributed by atoms with van der Waals surface area (Å²) in [7, 11) is 0. The fourth-order valence-electron chi connectivity index (χ4n) is 2.91. The lowest BCUT2D eigenvalue weighted by Gasteiger charge is -2.16. The molecule has 1 aliphatic rings. The van der Waals surface area contributed by atoms with Gasteiger partial charge in [-0.25, -0.2) is 0 Å². The smallest absolute Gasteiger partial charge is 0.223 e. The first kappa shape index (κ1) is 19.1. The molecule has 1 atom stereocenters. The van der Waals surface area contributed by atoms with Crippen LogP contribution in [0.5, 0.6) is 17.2 Å². The predicted molar refractivity (Wildman–Crippen MR) is 105 cm³/mol. The lowest BCUT2D eigenvalue weighted by atomic mass is 10.1. The molecule has 0 saturated heterocycles. The second-order valence-corrected chi connectivity index (χ2v) is 6.89. The standard InChI is InChI=1S/C22H27NO4/c1-15-5-7-19(13-16(15)2)25-12-9-22(24)23-17(3)18-6-8-20-21(14-18)27-11-4-10-26-20/h5-8,13-14,17H,4,9-12H2,1-3H3,(H,23,24). The summed E-state index contributed by atoms with van der Waals surface area (Å²) in [5.74, 6) is 2.25. The number of carbonyl (C=O) groups excluding carboxylic acids is 1. The van der Waals surface area contributed by atoms with Gasteiger partial charge in [0.1, 0.15) is 5.75 Å². The third-order valence-corrected chi connectivity index (χ3v) is 4.73. The zero-order valence-corrected chi connectivity index (χ0v) is 16.2. The van der Waals surface area contributed by atoms with Gasteiger partial charge >= 0.3 is 0 Å². The van der Waals surface area contributed by atoms with E-state index in [1.807, 2.05) is 50.2 Å². The van der Waals surface area contributed by atoms with Crippen molar-refractivity contribution in [2.24, 2.45) is 0 Å². The van der Waals surface area contributed by atoms with Gasteiger partial charge in [-0.2, -0.15) is 0 Å². The van der Waals surface area contributed by atoms with E-state index < -0.39 is 0 Å². The van der Waals surface area contributed by atoms with Crippen LogP contribution < -0.4 is 19.5 Å². The van der Waals surface area contributed by atoms with Gasteiger partial charge in [0.15, 0.2) is 11.5 Å². The molecule has 1 aliphatic heterocycles. The maximum Gasteiger partial charge on any atom is 0.223 e. The van der Waals surface area contributed by atoms with Gasteiger partial charge in [0, 0.05) is 6.42 Å². The van der Waals surface area contributed by atoms with Gasteiger partial charge in [0.05, 0.1) is 32.3 Å². The van der Waals surface area contributed by atoms with Crippen LogP contribution in [0.4, 0.5) is 0 Å². The van der Waals surface area contributed by atoms with Crippen molar-refractivity contribution in [1.82, 2.24) is 5.32 Å². The molecule has 0 aliphatic carbocycles. The molecular formula is C22H27NO4. The minimum atomic E-state index is -0.115. The number of aryl methyl sites for hydroxylation is 2. The Morgan fingerprint density at radius 1 is 1.07 bits per heavy atom. The molecule has 3 rings (SSSR count). The molecule has 0 bridgehead atoms. The van der Waals surface area contributed by atoms with Crippen LogP contribution in [0.1, 0.15) is 42.5 Å². The van der Waals surface area contributed by atoms with E-state index in [4.69, 9.17) is 14.2 Å². The van der Waals surface area contributed by atoms with Crippen molar-refractivity contribution in [3.8, 4) is 17.2 Å². The molecule has 0 radical (unpaired) electrons. The van der Waals surface area contributed by atoms with E-state index in [1.54, 1.807) is 0 Å². The van der Waals surface area contributed by atoms with Gasteiger partial charge in [-0.15, -0.1) is 0 Å². The Morgan fingerprint density at radius 3 is 2.63 bits per heavy atom. The number of carbonyl (C=O) groups is 1. The normalized spacial score (nSPS) is 14.2. The van der Waals surface area contributed by atoms with Gasteiger partial charge in [-0.1, -0.05) is 12.1 Å². The molecular weight excluding hydrogens is 342 g/mol. The van der Waals surface area contributed by atoms with Crippen LogP contribution in [-0.2, 0) is 4.79 Å². The molecule has 5 nitrogen and oxygen atoms in total. The molecule has 27 heavy (non-hydrogen) atoms. The Balaban J connectivity index is 1.50. The number of rotatable bonds is 6. The van der Waals surface area contributed by atoms with Crippen molar-refractivity contribution in [3.63, 3.8) is 0 Å². The van der Waals surface area contributed by atoms with Crippen molar-refractivity contribution in [3.05, 3.63) is 53.1 Å². The maximum absolute atomic E-state index is 12.2. The second kappa shape index (κ2) is 8.80. The van der Waals surface area contributed by atoms with Gasteiger partial charge < -0.3 is 19.5 Å². The fraction of sp³-hybridized carbons (Fsp3) is 0.409. The average Bonchev–Trinajstić information content (AvgIpc) is 2.89. The fourth-order valence-corrected chi connectivity index (χ4v) is 2.91. The number of amides is 1. The molecule has 0 saturated carbocycles. The first-order valence-corrected chi connectivity index (χ1v) is 9.42. The van der Waals surface area contributed by atoms with Crippen LogP contribution >= 0.6 is 0 Å². The van der Waals surface area contributed by atoms with Gasteiger partial charge in [-0.3, -0.25) is 4.79 Å². The molecule has 0 fully saturated rings. The Labute approximate surface area is 160 Å². The molecule has 1 unspecified atom stereocenters. The first-order chi connectivity index (χ1) is 13.0. The van der Waals surface area contributed by atoms with E-state index in [-0.39, 0.29) is 11.9 Å². The summed E-state index contributed by atoms with van der Waals surface area (Å²) < 4.78 is 17.1. The topological polar surface area (TPSA) is 56.8 Å². The van der Waals surface area contributed by atoms with E-state index in [0.717, 1.165) is 29.2 Å². The van der Waals surface area contributed by atoms with Crippen LogP contribution in [0.25, 0.3) is 0 Å². The molecule has 1 heterocycles. The highest BCUT2D eigenvalue weighted by Gasteiger charge is 2.15. The Morgan fingerprint density at radius 2 is 1.85 bits per heavy atom. The lowest BCUT2D eigenvalue weighted by molar-refractivity contribution is -0.122. The van der Waals surface area contributed by atoms with Crippen LogP contribution in [0, 0.1) is 13.8 Å². The largest absolute Gasteiger partial charge is 0.493 e. The van der Waals surface area contributed by atoms with Crippen LogP contribution in [0.2, 0.25) is 0 Å². The molecule has 144 valence electrons. The third-order valence-electron chi connectivity index (χ3n) is 4.73. The molecule has 1 amide bonds. The first-order valence-electron chi connectivity index (χ1n) is 9.42. The second-order valence-electron chi connectivity index (χ2n) is 6.89. The van der Waals surface area contributed by atoms with Gasteiger partial charge in [0.2, 0.25) is 5.91 Å². The monoisotopic (exact) mass is 369 g/mol. The number of nitrogens with one attached hydrogen (secondary N) is 1. The van der Waals surface area contributed by atoms with E-state index in [2.05, 4.69) is 12.2 Å². The number of hydrogen-bond acceptors (Lipinski definition) is 4. The van der Waals surface area contributed by atoms with E-state index >= 15 is 0 Å². The molecule has 0 aromatic heterocycles. The van der Waals surface area contributed by atoms with E-state index in [9.17, 15) is 4.79 Å². The van der Waals surface area contributed by atoms with E-state index in [1.165, 1.54) is 11.1 Å². The van der Waals surface area contributed by atoms with Crippen molar-refractivity contribution in [1.29, 1.82) is 0 Å². The number of ether oxygens (including phenoxy) is 3. The van der Waals surface area contributed by atoms with E-state index in [0.29, 0.717) is 26.2 Å². The summed E-state index contributed by atoms with van der Waals surface area (Å²) in [6.07, 6.45) is 1.18. The van der Waals surface area contributed by atoms with Crippen molar-refractivity contribution < 1.29 is 19.0 Å². The predicted octanol–water partition coefficient (Wildman–Crippen LogP) is 4.11. The average molecular weight is 369 g/mol. The lowest BCUT2D eigenvalue weighted by Crippen LogP contribution is -2.27. The summed E-state index contributed by atoms with van der Waals surface area (Å²) in [5, 5.41) is 3.01. The van der Waals surface area contributed by atoms with Crippen LogP contribution in [-0.4, -0.2) is 25.7 Å². The maximum atomic E-state index is 12.2. The summed E-state index contributed by atoms with van der Waals surface area (Å²) in [5.41, 5.74) is 3.40. The number of hydrogen-bond donors (Lipinski definition) is 1. The van der Waals surface area contributed by atoms with Crippen molar-refractivity contribution >= 4 is 5.91 Å². The third kappa shape index (κ3) is 5.16. The molecule has 1 N–H and O–H groups in total. The quantitative estimate of drug-likeness (QED) is 0.832. The number of benzene rings is 2. The van der Waals surface area contributed by atoms with Gasteiger partial charge in [-0.05, 0) is 61.7 Å². The molecule has 0 spiro atoms. The Bertz CT molecular complexity index is 803. The van der Waals surface area contributed by atoms with Crippen molar-refractivity contribution in [2.75, 3.05) is 19.8 Å². The molecule has 5 heteroatoms. The molecule has 2 aromatic carbocycles. The minimum absolute atomic E-state index is 0.0431. The minimum Gasteiger partial charge on any atom is -0.493 e. The van der Waals surface area contributed by atoms with Crippen molar-refractivity contribution in [2.45, 2.75) is 39.7 Å². The van der Waals surface area contributed by atoms with Crippen LogP contribution in [0.15, 0.2) is 36.4 Å². The molecule has 2 aromatic rings. The number of fused-ring (bicyclic) bond motifs is 1. The summed E-state index contributed by atoms with van der Waals surface area (Å²) in [4.78, 5) is 12.2. The summed E-state index contributed by atoms with van der Waals surface area (Å²) in [6, 6.07) is 11.6. The Hall–Kier alpha value is -2.69. The SMILES string of the molecule is Cc1ccc(OCCC(=O)NC(C)c2ccc3c(c2)OCCCO3)cc1C. The zero-order chi connectivity index (χ0) is 19.2. The van der Waals surface area contributed by atoms with Crippen LogP contribution in [0.3, 0.4) is 0 Å². The van der Waals surface area contributed by atoms with Gasteiger partial charge in [0.25, 0.3) is 0 Å². The zero-order valence-electron chi connectivity index (χ0n) is 16.2. The highest BCUT2D eigenvalue weighted by Crippen LogP contribution is 2.32. The summed E-state index contributed by atoms with van der Waals surface area (Å²) in [6.45, 7) is 7.73. The summed E-state index contributed by atoms with van der Waals surface area (Å²) >= 11 is 0. The highest BCUT2D eigenvalue weighted by atomic mass is 16.5.